The van der Waals surface area contributed by atoms with Crippen molar-refractivity contribution in [3.8, 4) is 17.4 Å². The molecule has 0 bridgehead atoms. The van der Waals surface area contributed by atoms with Crippen molar-refractivity contribution in [2.24, 2.45) is 0 Å². The van der Waals surface area contributed by atoms with E-state index in [1.807, 2.05) is 30.3 Å². The summed E-state index contributed by atoms with van der Waals surface area (Å²) >= 11 is 0. The first-order valence-corrected chi connectivity index (χ1v) is 9.31. The molecule has 28 heavy (non-hydrogen) atoms. The highest BCUT2D eigenvalue weighted by atomic mass is 16.7. The van der Waals surface area contributed by atoms with Crippen molar-refractivity contribution in [3.05, 3.63) is 59.2 Å². The van der Waals surface area contributed by atoms with Crippen molar-refractivity contribution in [3.63, 3.8) is 0 Å². The van der Waals surface area contributed by atoms with Crippen LogP contribution in [-0.4, -0.2) is 28.7 Å². The van der Waals surface area contributed by atoms with Crippen LogP contribution in [0.25, 0.3) is 10.9 Å². The Bertz CT molecular complexity index is 1100. The summed E-state index contributed by atoms with van der Waals surface area (Å²) in [7, 11) is 0. The number of carbonyl (C=O) groups excluding carboxylic acids is 1. The Balaban J connectivity index is 1.50. The largest absolute Gasteiger partial charge is 0.464 e. The molecule has 6 heteroatoms. The number of aromatic nitrogens is 1. The number of fused-ring (bicyclic) bond motifs is 3. The number of benzene rings is 2. The molecule has 1 atom stereocenters. The Hall–Kier alpha value is -3.28. The quantitative estimate of drug-likeness (QED) is 0.684. The van der Waals surface area contributed by atoms with Crippen LogP contribution in [0, 0.1) is 6.92 Å². The zero-order valence-electron chi connectivity index (χ0n) is 15.8. The van der Waals surface area contributed by atoms with Gasteiger partial charge in [-0.2, -0.15) is 0 Å². The second-order valence-corrected chi connectivity index (χ2v) is 7.29. The van der Waals surface area contributed by atoms with Crippen LogP contribution < -0.4 is 14.2 Å². The minimum atomic E-state index is -0.592. The van der Waals surface area contributed by atoms with Crippen molar-refractivity contribution in [1.82, 2.24) is 9.88 Å². The van der Waals surface area contributed by atoms with Gasteiger partial charge < -0.3 is 19.1 Å². The standard InChI is InChI=1S/C22H20N2O4/c1-13-3-5-18-16(7-13)9-17-11-24(22(25)14(2)28-21(17)23-18)10-15-4-6-19-20(8-15)27-12-26-19/h3-9,14H,10-12H2,1-2H3/t14-/m1/s1. The van der Waals surface area contributed by atoms with Gasteiger partial charge in [0.2, 0.25) is 12.7 Å². The summed E-state index contributed by atoms with van der Waals surface area (Å²) < 4.78 is 16.7. The molecule has 2 aromatic carbocycles. The fourth-order valence-corrected chi connectivity index (χ4v) is 3.69. The highest BCUT2D eigenvalue weighted by Gasteiger charge is 2.29. The van der Waals surface area contributed by atoms with Crippen LogP contribution in [0.3, 0.4) is 0 Å². The highest BCUT2D eigenvalue weighted by molar-refractivity contribution is 5.84. The minimum absolute atomic E-state index is 0.0593. The normalized spacial score (nSPS) is 18.0. The van der Waals surface area contributed by atoms with Gasteiger partial charge in [0.1, 0.15) is 0 Å². The summed E-state index contributed by atoms with van der Waals surface area (Å²) in [4.78, 5) is 19.4. The predicted octanol–water partition coefficient (Wildman–Crippen LogP) is 3.58. The van der Waals surface area contributed by atoms with E-state index in [-0.39, 0.29) is 12.7 Å². The molecule has 3 heterocycles. The molecular formula is C22H20N2O4. The number of nitrogens with zero attached hydrogens (tertiary/aromatic N) is 2. The van der Waals surface area contributed by atoms with Gasteiger partial charge in [0.15, 0.2) is 17.6 Å². The van der Waals surface area contributed by atoms with Crippen LogP contribution in [0.4, 0.5) is 0 Å². The molecule has 0 aliphatic carbocycles. The lowest BCUT2D eigenvalue weighted by Gasteiger charge is -2.22. The van der Waals surface area contributed by atoms with E-state index in [2.05, 4.69) is 24.0 Å². The third-order valence-corrected chi connectivity index (χ3v) is 5.13. The number of carbonyl (C=O) groups is 1. The molecular weight excluding hydrogens is 356 g/mol. The maximum Gasteiger partial charge on any atom is 0.264 e. The van der Waals surface area contributed by atoms with Gasteiger partial charge in [-0.25, -0.2) is 4.98 Å². The molecule has 2 aliphatic heterocycles. The molecule has 1 amide bonds. The summed E-state index contributed by atoms with van der Waals surface area (Å²) in [6.07, 6.45) is -0.592. The molecule has 0 saturated heterocycles. The fraction of sp³-hybridized carbons (Fsp3) is 0.273. The molecule has 0 spiro atoms. The summed E-state index contributed by atoms with van der Waals surface area (Å²) in [5, 5.41) is 1.05. The molecule has 3 aromatic rings. The zero-order chi connectivity index (χ0) is 19.3. The Morgan fingerprint density at radius 1 is 1.11 bits per heavy atom. The molecule has 2 aliphatic rings. The summed E-state index contributed by atoms with van der Waals surface area (Å²) in [6, 6.07) is 13.9. The Labute approximate surface area is 162 Å². The second-order valence-electron chi connectivity index (χ2n) is 7.29. The number of pyridine rings is 1. The van der Waals surface area contributed by atoms with E-state index in [9.17, 15) is 4.79 Å². The van der Waals surface area contributed by atoms with Crippen LogP contribution in [0.5, 0.6) is 17.4 Å². The second kappa shape index (κ2) is 6.41. The average Bonchev–Trinajstić information content (AvgIpc) is 3.11. The van der Waals surface area contributed by atoms with Gasteiger partial charge in [0.05, 0.1) is 12.1 Å². The lowest BCUT2D eigenvalue weighted by atomic mass is 10.1. The van der Waals surface area contributed by atoms with Crippen LogP contribution in [-0.2, 0) is 17.9 Å². The van der Waals surface area contributed by atoms with Gasteiger partial charge in [-0.15, -0.1) is 0 Å². The van der Waals surface area contributed by atoms with E-state index >= 15 is 0 Å². The van der Waals surface area contributed by atoms with Gasteiger partial charge in [0, 0.05) is 17.5 Å². The summed E-state index contributed by atoms with van der Waals surface area (Å²) in [5.74, 6) is 1.92. The summed E-state index contributed by atoms with van der Waals surface area (Å²) in [6.45, 7) is 4.97. The average molecular weight is 376 g/mol. The first-order valence-electron chi connectivity index (χ1n) is 9.31. The smallest absolute Gasteiger partial charge is 0.264 e. The van der Waals surface area contributed by atoms with Crippen LogP contribution >= 0.6 is 0 Å². The number of rotatable bonds is 2. The van der Waals surface area contributed by atoms with Crippen molar-refractivity contribution in [2.75, 3.05) is 6.79 Å². The maximum atomic E-state index is 12.9. The molecule has 0 fully saturated rings. The third-order valence-electron chi connectivity index (χ3n) is 5.13. The number of amides is 1. The van der Waals surface area contributed by atoms with Gasteiger partial charge in [-0.05, 0) is 49.7 Å². The van der Waals surface area contributed by atoms with Crippen LogP contribution in [0.15, 0.2) is 42.5 Å². The van der Waals surface area contributed by atoms with E-state index in [4.69, 9.17) is 14.2 Å². The van der Waals surface area contributed by atoms with E-state index in [0.717, 1.165) is 27.8 Å². The SMILES string of the molecule is Cc1ccc2nc3c(cc2c1)CN(Cc1ccc2c(c1)OCO2)C(=O)[C@@H](C)O3. The Morgan fingerprint density at radius 2 is 1.96 bits per heavy atom. The monoisotopic (exact) mass is 376 g/mol. The minimum Gasteiger partial charge on any atom is -0.464 e. The van der Waals surface area contributed by atoms with E-state index < -0.39 is 6.10 Å². The fourth-order valence-electron chi connectivity index (χ4n) is 3.69. The molecule has 1 aromatic heterocycles. The topological polar surface area (TPSA) is 60.9 Å². The zero-order valence-corrected chi connectivity index (χ0v) is 15.8. The Morgan fingerprint density at radius 3 is 2.86 bits per heavy atom. The number of aryl methyl sites for hydroxylation is 1. The Kier molecular flexibility index (Phi) is 3.86. The van der Waals surface area contributed by atoms with Crippen molar-refractivity contribution >= 4 is 16.8 Å². The van der Waals surface area contributed by atoms with Crippen LogP contribution in [0.2, 0.25) is 0 Å². The molecule has 6 nitrogen and oxygen atoms in total. The lowest BCUT2D eigenvalue weighted by molar-refractivity contribution is -0.138. The first-order chi connectivity index (χ1) is 13.6. The third kappa shape index (κ3) is 2.91. The van der Waals surface area contributed by atoms with Gasteiger partial charge in [-0.3, -0.25) is 4.79 Å². The van der Waals surface area contributed by atoms with Gasteiger partial charge in [-0.1, -0.05) is 17.7 Å². The predicted molar refractivity (Wildman–Crippen MR) is 103 cm³/mol. The molecule has 0 saturated carbocycles. The van der Waals surface area contributed by atoms with Gasteiger partial charge >= 0.3 is 0 Å². The molecule has 142 valence electrons. The van der Waals surface area contributed by atoms with Crippen LogP contribution in [0.1, 0.15) is 23.6 Å². The van der Waals surface area contributed by atoms with Crippen molar-refractivity contribution < 1.29 is 19.0 Å². The maximum absolute atomic E-state index is 12.9. The summed E-state index contributed by atoms with van der Waals surface area (Å²) in [5.41, 5.74) is 3.94. The van der Waals surface area contributed by atoms with E-state index in [0.29, 0.717) is 24.7 Å². The highest BCUT2D eigenvalue weighted by Crippen LogP contribution is 2.34. The first kappa shape index (κ1) is 16.9. The number of hydrogen-bond donors (Lipinski definition) is 0. The molecule has 0 unspecified atom stereocenters. The van der Waals surface area contributed by atoms with Crippen molar-refractivity contribution in [1.29, 1.82) is 0 Å². The molecule has 5 rings (SSSR count). The molecule has 0 radical (unpaired) electrons. The van der Waals surface area contributed by atoms with Gasteiger partial charge in [0.25, 0.3) is 5.91 Å². The van der Waals surface area contributed by atoms with Crippen molar-refractivity contribution in [2.45, 2.75) is 33.0 Å². The number of hydrogen-bond acceptors (Lipinski definition) is 5. The number of ether oxygens (including phenoxy) is 3. The van der Waals surface area contributed by atoms with E-state index in [1.165, 1.54) is 5.56 Å². The van der Waals surface area contributed by atoms with E-state index in [1.54, 1.807) is 11.8 Å². The molecule has 0 N–H and O–H groups in total. The lowest BCUT2D eigenvalue weighted by Crippen LogP contribution is -2.37.